The predicted octanol–water partition coefficient (Wildman–Crippen LogP) is 3.69. The van der Waals surface area contributed by atoms with Gasteiger partial charge < -0.3 is 19.9 Å². The van der Waals surface area contributed by atoms with Gasteiger partial charge in [-0.25, -0.2) is 0 Å². The Morgan fingerprint density at radius 3 is 1.81 bits per heavy atom. The van der Waals surface area contributed by atoms with Crippen LogP contribution >= 0.6 is 24.8 Å². The van der Waals surface area contributed by atoms with Crippen molar-refractivity contribution in [2.24, 2.45) is 10.8 Å². The maximum atomic E-state index is 12.2. The molecule has 6 nitrogen and oxygen atoms in total. The first kappa shape index (κ1) is 27.9. The zero-order valence-corrected chi connectivity index (χ0v) is 18.5. The fourth-order valence-electron chi connectivity index (χ4n) is 1.71. The molecular weight excluding hydrogens is 393 g/mol. The molecule has 0 saturated heterocycles. The minimum Gasteiger partial charge on any atom is -0.422 e. The van der Waals surface area contributed by atoms with Gasteiger partial charge >= 0.3 is 11.9 Å². The molecule has 0 amide bonds. The van der Waals surface area contributed by atoms with Crippen LogP contribution in [0, 0.1) is 10.8 Å². The van der Waals surface area contributed by atoms with Crippen molar-refractivity contribution in [1.82, 2.24) is 5.32 Å². The first-order valence-corrected chi connectivity index (χ1v) is 8.27. The summed E-state index contributed by atoms with van der Waals surface area (Å²) in [5.41, 5.74) is -0.859. The zero-order chi connectivity index (χ0) is 19.4. The number of hydrogen-bond acceptors (Lipinski definition) is 6. The highest BCUT2D eigenvalue weighted by molar-refractivity contribution is 5.85. The fraction of sp³-hybridized carbons (Fsp3) is 0.579. The van der Waals surface area contributed by atoms with Crippen molar-refractivity contribution in [2.45, 2.75) is 47.6 Å². The van der Waals surface area contributed by atoms with Crippen LogP contribution in [0.25, 0.3) is 0 Å². The number of aliphatic hydroxyl groups excluding tert-OH is 1. The predicted molar refractivity (Wildman–Crippen MR) is 110 cm³/mol. The van der Waals surface area contributed by atoms with E-state index in [-0.39, 0.29) is 36.3 Å². The van der Waals surface area contributed by atoms with Gasteiger partial charge in [-0.05, 0) is 66.3 Å². The van der Waals surface area contributed by atoms with Crippen LogP contribution in [0.5, 0.6) is 11.5 Å². The number of likely N-dealkylation sites (N-methyl/N-ethyl adjacent to an activating group) is 1. The van der Waals surface area contributed by atoms with Crippen molar-refractivity contribution in [1.29, 1.82) is 0 Å². The van der Waals surface area contributed by atoms with Crippen LogP contribution in [0.2, 0.25) is 0 Å². The van der Waals surface area contributed by atoms with Crippen molar-refractivity contribution >= 4 is 36.8 Å². The van der Waals surface area contributed by atoms with Crippen LogP contribution in [0.3, 0.4) is 0 Å². The van der Waals surface area contributed by atoms with Crippen LogP contribution in [-0.4, -0.2) is 30.6 Å². The molecule has 0 spiro atoms. The smallest absolute Gasteiger partial charge is 0.316 e. The van der Waals surface area contributed by atoms with Crippen LogP contribution in [0.1, 0.15) is 53.2 Å². The quantitative estimate of drug-likeness (QED) is 0.554. The molecule has 0 aliphatic heterocycles. The van der Waals surface area contributed by atoms with Crippen molar-refractivity contribution < 1.29 is 24.2 Å². The van der Waals surface area contributed by atoms with Crippen LogP contribution in [0.4, 0.5) is 0 Å². The summed E-state index contributed by atoms with van der Waals surface area (Å²) in [6, 6.07) is 4.70. The highest BCUT2D eigenvalue weighted by atomic mass is 35.5. The molecular formula is C19H31Cl2NO5. The second-order valence-corrected chi connectivity index (χ2v) is 8.06. The van der Waals surface area contributed by atoms with Gasteiger partial charge in [-0.3, -0.25) is 9.59 Å². The highest BCUT2D eigenvalue weighted by Crippen LogP contribution is 2.34. The molecule has 1 atom stereocenters. The minimum absolute atomic E-state index is 0. The van der Waals surface area contributed by atoms with Gasteiger partial charge in [0.15, 0.2) is 11.5 Å². The van der Waals surface area contributed by atoms with Gasteiger partial charge in [0.05, 0.1) is 16.9 Å². The van der Waals surface area contributed by atoms with Crippen molar-refractivity contribution in [3.05, 3.63) is 23.8 Å². The fourth-order valence-corrected chi connectivity index (χ4v) is 1.71. The molecule has 0 heterocycles. The molecule has 0 fully saturated rings. The van der Waals surface area contributed by atoms with Crippen molar-refractivity contribution in [3.8, 4) is 11.5 Å². The SMILES string of the molecule is CNCC(O)c1ccc(OC(=O)C(C)(C)C)c(OC(=O)C(C)(C)C)c1.Cl.Cl. The molecule has 8 heteroatoms. The lowest BCUT2D eigenvalue weighted by Gasteiger charge is -2.21. The number of hydrogen-bond donors (Lipinski definition) is 2. The summed E-state index contributed by atoms with van der Waals surface area (Å²) in [6.07, 6.45) is -0.774. The molecule has 1 aromatic rings. The number of carbonyl (C=O) groups excluding carboxylic acids is 2. The van der Waals surface area contributed by atoms with Gasteiger partial charge in [0, 0.05) is 6.54 Å². The molecule has 27 heavy (non-hydrogen) atoms. The molecule has 1 unspecified atom stereocenters. The van der Waals surface area contributed by atoms with E-state index < -0.39 is 28.9 Å². The van der Waals surface area contributed by atoms with E-state index in [9.17, 15) is 14.7 Å². The average Bonchev–Trinajstić information content (AvgIpc) is 2.47. The van der Waals surface area contributed by atoms with Gasteiger partial charge in [-0.15, -0.1) is 24.8 Å². The Morgan fingerprint density at radius 2 is 1.41 bits per heavy atom. The topological polar surface area (TPSA) is 84.9 Å². The summed E-state index contributed by atoms with van der Waals surface area (Å²) >= 11 is 0. The van der Waals surface area contributed by atoms with Crippen LogP contribution in [-0.2, 0) is 9.59 Å². The molecule has 1 aromatic carbocycles. The summed E-state index contributed by atoms with van der Waals surface area (Å²) in [6.45, 7) is 10.7. The number of halogens is 2. The zero-order valence-electron chi connectivity index (χ0n) is 16.9. The summed E-state index contributed by atoms with van der Waals surface area (Å²) in [4.78, 5) is 24.4. The van der Waals surface area contributed by atoms with E-state index in [1.165, 1.54) is 12.1 Å². The molecule has 1 rings (SSSR count). The normalized spacial score (nSPS) is 12.3. The van der Waals surface area contributed by atoms with Gasteiger partial charge in [-0.1, -0.05) is 6.07 Å². The Morgan fingerprint density at radius 1 is 0.963 bits per heavy atom. The average molecular weight is 424 g/mol. The molecule has 0 saturated carbocycles. The first-order chi connectivity index (χ1) is 11.4. The Hall–Kier alpha value is -1.34. The Labute approximate surface area is 173 Å². The van der Waals surface area contributed by atoms with E-state index in [0.717, 1.165) is 0 Å². The number of rotatable bonds is 5. The molecule has 0 aliphatic carbocycles. The Kier molecular flexibility index (Phi) is 11.2. The Balaban J connectivity index is 0. The highest BCUT2D eigenvalue weighted by Gasteiger charge is 2.28. The monoisotopic (exact) mass is 423 g/mol. The summed E-state index contributed by atoms with van der Waals surface area (Å²) in [5, 5.41) is 13.0. The third-order valence-electron chi connectivity index (χ3n) is 3.38. The van der Waals surface area contributed by atoms with Crippen molar-refractivity contribution in [2.75, 3.05) is 13.6 Å². The lowest BCUT2D eigenvalue weighted by atomic mass is 9.97. The number of esters is 2. The summed E-state index contributed by atoms with van der Waals surface area (Å²) in [5.74, 6) is -0.631. The lowest BCUT2D eigenvalue weighted by molar-refractivity contribution is -0.145. The number of ether oxygens (including phenoxy) is 2. The third kappa shape index (κ3) is 8.47. The van der Waals surface area contributed by atoms with E-state index >= 15 is 0 Å². The number of carbonyl (C=O) groups is 2. The number of aliphatic hydroxyl groups is 1. The van der Waals surface area contributed by atoms with E-state index in [0.29, 0.717) is 12.1 Å². The largest absolute Gasteiger partial charge is 0.422 e. The summed E-state index contributed by atoms with van der Waals surface area (Å²) in [7, 11) is 1.73. The second kappa shape index (κ2) is 10.9. The van der Waals surface area contributed by atoms with Gasteiger partial charge in [0.2, 0.25) is 0 Å². The van der Waals surface area contributed by atoms with E-state index in [2.05, 4.69) is 5.32 Å². The molecule has 0 radical (unpaired) electrons. The maximum absolute atomic E-state index is 12.2. The van der Waals surface area contributed by atoms with E-state index in [4.69, 9.17) is 9.47 Å². The molecule has 0 aromatic heterocycles. The van der Waals surface area contributed by atoms with Gasteiger partial charge in [0.1, 0.15) is 0 Å². The maximum Gasteiger partial charge on any atom is 0.316 e. The van der Waals surface area contributed by atoms with Crippen LogP contribution < -0.4 is 14.8 Å². The van der Waals surface area contributed by atoms with Gasteiger partial charge in [0.25, 0.3) is 0 Å². The minimum atomic E-state index is -0.774. The standard InChI is InChI=1S/C19H29NO5.2ClH/c1-18(2,3)16(22)24-14-9-8-12(13(21)11-20-7)10-15(14)25-17(23)19(4,5)6;;/h8-10,13,20-21H,11H2,1-7H3;2*1H. The Bertz CT molecular complexity index is 636. The van der Waals surface area contributed by atoms with E-state index in [1.54, 1.807) is 54.7 Å². The molecule has 156 valence electrons. The molecule has 2 N–H and O–H groups in total. The lowest BCUT2D eigenvalue weighted by Crippen LogP contribution is -2.28. The first-order valence-electron chi connectivity index (χ1n) is 8.27. The number of benzene rings is 1. The molecule has 0 aliphatic rings. The van der Waals surface area contributed by atoms with E-state index in [1.807, 2.05) is 0 Å². The summed E-state index contributed by atoms with van der Waals surface area (Å²) < 4.78 is 10.8. The number of nitrogens with one attached hydrogen (secondary N) is 1. The van der Waals surface area contributed by atoms with Crippen LogP contribution in [0.15, 0.2) is 18.2 Å². The molecule has 0 bridgehead atoms. The second-order valence-electron chi connectivity index (χ2n) is 8.06. The van der Waals surface area contributed by atoms with Gasteiger partial charge in [-0.2, -0.15) is 0 Å². The third-order valence-corrected chi connectivity index (χ3v) is 3.38. The van der Waals surface area contributed by atoms with Crippen molar-refractivity contribution in [3.63, 3.8) is 0 Å².